The van der Waals surface area contributed by atoms with Gasteiger partial charge in [0.2, 0.25) is 0 Å². The fourth-order valence-corrected chi connectivity index (χ4v) is 1.43. The minimum atomic E-state index is 0.430. The molecule has 0 aromatic carbocycles. The van der Waals surface area contributed by atoms with Crippen molar-refractivity contribution in [3.8, 4) is 0 Å². The summed E-state index contributed by atoms with van der Waals surface area (Å²) in [6, 6.07) is 4.08. The number of hydrogen-bond donors (Lipinski definition) is 1. The van der Waals surface area contributed by atoms with Gasteiger partial charge in [-0.05, 0) is 25.0 Å². The minimum absolute atomic E-state index is 0.430. The summed E-state index contributed by atoms with van der Waals surface area (Å²) in [5, 5.41) is 11.5. The van der Waals surface area contributed by atoms with Crippen LogP contribution in [0.1, 0.15) is 33.1 Å². The smallest absolute Gasteiger partial charge is 0.151 e. The lowest BCUT2D eigenvalue weighted by molar-refractivity contribution is 0.619. The van der Waals surface area contributed by atoms with E-state index in [0.717, 1.165) is 18.7 Å². The fourth-order valence-electron chi connectivity index (χ4n) is 1.33. The summed E-state index contributed by atoms with van der Waals surface area (Å²) >= 11 is 5.64. The largest absolute Gasteiger partial charge is 0.366 e. The molecule has 0 radical (unpaired) electrons. The van der Waals surface area contributed by atoms with Crippen LogP contribution in [0.2, 0.25) is 5.15 Å². The van der Waals surface area contributed by atoms with E-state index < -0.39 is 0 Å². The van der Waals surface area contributed by atoms with E-state index in [0.29, 0.717) is 11.2 Å². The average molecular weight is 214 g/mol. The predicted molar refractivity (Wildman–Crippen MR) is 59.7 cm³/mol. The highest BCUT2D eigenvalue weighted by molar-refractivity contribution is 6.29. The van der Waals surface area contributed by atoms with Crippen LogP contribution in [0.25, 0.3) is 0 Å². The van der Waals surface area contributed by atoms with Crippen LogP contribution >= 0.6 is 11.6 Å². The molecule has 78 valence electrons. The third-order valence-corrected chi connectivity index (χ3v) is 2.32. The number of hydrogen-bond acceptors (Lipinski definition) is 3. The molecular weight excluding hydrogens is 198 g/mol. The molecule has 1 aromatic heterocycles. The Morgan fingerprint density at radius 1 is 1.36 bits per heavy atom. The first-order chi connectivity index (χ1) is 6.76. The van der Waals surface area contributed by atoms with Crippen LogP contribution in [0.4, 0.5) is 5.82 Å². The van der Waals surface area contributed by atoms with E-state index in [9.17, 15) is 0 Å². The van der Waals surface area contributed by atoms with Gasteiger partial charge in [0.25, 0.3) is 0 Å². The van der Waals surface area contributed by atoms with Crippen LogP contribution in [-0.2, 0) is 0 Å². The Morgan fingerprint density at radius 2 is 2.14 bits per heavy atom. The zero-order valence-electron chi connectivity index (χ0n) is 8.63. The highest BCUT2D eigenvalue weighted by Gasteiger charge is 2.05. The zero-order valence-corrected chi connectivity index (χ0v) is 9.38. The van der Waals surface area contributed by atoms with Gasteiger partial charge in [0, 0.05) is 6.04 Å². The van der Waals surface area contributed by atoms with Crippen molar-refractivity contribution in [2.24, 2.45) is 0 Å². The molecule has 0 aliphatic rings. The molecule has 3 nitrogen and oxygen atoms in total. The topological polar surface area (TPSA) is 37.8 Å². The molecule has 0 unspecified atom stereocenters. The van der Waals surface area contributed by atoms with Gasteiger partial charge < -0.3 is 5.32 Å². The molecule has 1 N–H and O–H groups in total. The molecule has 1 rings (SSSR count). The lowest BCUT2D eigenvalue weighted by Crippen LogP contribution is -2.18. The van der Waals surface area contributed by atoms with Crippen molar-refractivity contribution in [3.63, 3.8) is 0 Å². The standard InChI is InChI=1S/C10H16ClN3/c1-3-5-8(4-2)12-10-7-6-9(11)13-14-10/h6-8H,3-5H2,1-2H3,(H,12,14)/t8-/m0/s1. The van der Waals surface area contributed by atoms with Gasteiger partial charge in [-0.3, -0.25) is 0 Å². The molecule has 4 heteroatoms. The molecule has 0 spiro atoms. The summed E-state index contributed by atoms with van der Waals surface area (Å²) in [4.78, 5) is 0. The van der Waals surface area contributed by atoms with Crippen LogP contribution in [-0.4, -0.2) is 16.2 Å². The van der Waals surface area contributed by atoms with E-state index in [4.69, 9.17) is 11.6 Å². The third kappa shape index (κ3) is 3.50. The van der Waals surface area contributed by atoms with Gasteiger partial charge in [0.15, 0.2) is 5.15 Å². The highest BCUT2D eigenvalue weighted by Crippen LogP contribution is 2.11. The Bertz CT molecular complexity index is 261. The molecule has 0 fully saturated rings. The maximum absolute atomic E-state index is 5.64. The second kappa shape index (κ2) is 5.81. The SMILES string of the molecule is CCC[C@H](CC)Nc1ccc(Cl)nn1. The summed E-state index contributed by atoms with van der Waals surface area (Å²) < 4.78 is 0. The Kier molecular flexibility index (Phi) is 4.66. The van der Waals surface area contributed by atoms with Crippen molar-refractivity contribution < 1.29 is 0 Å². The second-order valence-corrected chi connectivity index (χ2v) is 3.67. The van der Waals surface area contributed by atoms with Gasteiger partial charge >= 0.3 is 0 Å². The van der Waals surface area contributed by atoms with Crippen molar-refractivity contribution in [1.82, 2.24) is 10.2 Å². The number of nitrogens with one attached hydrogen (secondary N) is 1. The number of nitrogens with zero attached hydrogens (tertiary/aromatic N) is 2. The first-order valence-corrected chi connectivity index (χ1v) is 5.39. The van der Waals surface area contributed by atoms with Crippen LogP contribution in [0.15, 0.2) is 12.1 Å². The molecule has 14 heavy (non-hydrogen) atoms. The van der Waals surface area contributed by atoms with E-state index in [-0.39, 0.29) is 0 Å². The van der Waals surface area contributed by atoms with E-state index in [2.05, 4.69) is 29.4 Å². The molecule has 0 amide bonds. The van der Waals surface area contributed by atoms with Crippen LogP contribution in [0, 0.1) is 0 Å². The maximum Gasteiger partial charge on any atom is 0.151 e. The third-order valence-electron chi connectivity index (χ3n) is 2.11. The Balaban J connectivity index is 2.53. The molecule has 1 aromatic rings. The molecule has 0 bridgehead atoms. The molecule has 0 aliphatic heterocycles. The minimum Gasteiger partial charge on any atom is -0.366 e. The van der Waals surface area contributed by atoms with Crippen molar-refractivity contribution in [1.29, 1.82) is 0 Å². The quantitative estimate of drug-likeness (QED) is 0.817. The monoisotopic (exact) mass is 213 g/mol. The molecule has 0 saturated carbocycles. The van der Waals surface area contributed by atoms with E-state index in [1.165, 1.54) is 6.42 Å². The molecule has 1 heterocycles. The second-order valence-electron chi connectivity index (χ2n) is 3.28. The van der Waals surface area contributed by atoms with Crippen molar-refractivity contribution in [2.75, 3.05) is 5.32 Å². The number of aromatic nitrogens is 2. The Morgan fingerprint density at radius 3 is 2.64 bits per heavy atom. The van der Waals surface area contributed by atoms with Crippen molar-refractivity contribution >= 4 is 17.4 Å². The summed E-state index contributed by atoms with van der Waals surface area (Å²) in [6.07, 6.45) is 3.42. The van der Waals surface area contributed by atoms with Crippen molar-refractivity contribution in [2.45, 2.75) is 39.2 Å². The van der Waals surface area contributed by atoms with Gasteiger partial charge in [0.05, 0.1) is 0 Å². The Hall–Kier alpha value is -0.830. The van der Waals surface area contributed by atoms with E-state index in [1.54, 1.807) is 6.07 Å². The van der Waals surface area contributed by atoms with E-state index in [1.807, 2.05) is 6.07 Å². The number of anilines is 1. The van der Waals surface area contributed by atoms with Gasteiger partial charge in [-0.1, -0.05) is 31.9 Å². The van der Waals surface area contributed by atoms with Crippen LogP contribution in [0.3, 0.4) is 0 Å². The normalized spacial score (nSPS) is 12.5. The predicted octanol–water partition coefficient (Wildman–Crippen LogP) is 3.12. The highest BCUT2D eigenvalue weighted by atomic mass is 35.5. The maximum atomic E-state index is 5.64. The van der Waals surface area contributed by atoms with Gasteiger partial charge in [-0.2, -0.15) is 0 Å². The molecule has 0 saturated heterocycles. The zero-order chi connectivity index (χ0) is 10.4. The van der Waals surface area contributed by atoms with Gasteiger partial charge in [0.1, 0.15) is 5.82 Å². The fraction of sp³-hybridized carbons (Fsp3) is 0.600. The number of rotatable bonds is 5. The lowest BCUT2D eigenvalue weighted by atomic mass is 10.1. The first kappa shape index (κ1) is 11.2. The summed E-state index contributed by atoms with van der Waals surface area (Å²) in [5.74, 6) is 0.801. The Labute approximate surface area is 89.9 Å². The average Bonchev–Trinajstić information content (AvgIpc) is 2.20. The molecular formula is C10H16ClN3. The van der Waals surface area contributed by atoms with Crippen molar-refractivity contribution in [3.05, 3.63) is 17.3 Å². The van der Waals surface area contributed by atoms with Crippen LogP contribution < -0.4 is 5.32 Å². The molecule has 1 atom stereocenters. The summed E-state index contributed by atoms with van der Waals surface area (Å²) in [6.45, 7) is 4.34. The van der Waals surface area contributed by atoms with E-state index >= 15 is 0 Å². The summed E-state index contributed by atoms with van der Waals surface area (Å²) in [7, 11) is 0. The van der Waals surface area contributed by atoms with Crippen LogP contribution in [0.5, 0.6) is 0 Å². The number of halogens is 1. The van der Waals surface area contributed by atoms with Gasteiger partial charge in [-0.15, -0.1) is 10.2 Å². The summed E-state index contributed by atoms with van der Waals surface area (Å²) in [5.41, 5.74) is 0. The lowest BCUT2D eigenvalue weighted by Gasteiger charge is -2.15. The van der Waals surface area contributed by atoms with Gasteiger partial charge in [-0.25, -0.2) is 0 Å². The molecule has 0 aliphatic carbocycles. The first-order valence-electron chi connectivity index (χ1n) is 5.02.